The summed E-state index contributed by atoms with van der Waals surface area (Å²) in [5, 5.41) is 0. The van der Waals surface area contributed by atoms with E-state index in [2.05, 4.69) is 155 Å². The van der Waals surface area contributed by atoms with Gasteiger partial charge in [-0.25, -0.2) is 21.1 Å². The molecule has 8 aromatic rings. The number of hydrogen-bond acceptors (Lipinski definition) is 4. The topological polar surface area (TPSA) is 32.3 Å². The van der Waals surface area contributed by atoms with Crippen LogP contribution in [0.3, 0.4) is 0 Å². The fourth-order valence-electron chi connectivity index (χ4n) is 7.47. The van der Waals surface area contributed by atoms with Crippen molar-refractivity contribution in [2.75, 3.05) is 9.80 Å². The van der Waals surface area contributed by atoms with Crippen LogP contribution in [0.2, 0.25) is 0 Å². The summed E-state index contributed by atoms with van der Waals surface area (Å²) in [5.41, 5.74) is 9.90. The van der Waals surface area contributed by atoms with Crippen LogP contribution in [0.25, 0.3) is 11.1 Å². The SMILES string of the molecule is [Pt+2].[c-]1c(N(c2ccccc2)c2ccccn2)ccc2c1-c1[c-]c(N(c3ccccc3)c3ccccn3)ccc1C2(c1ccccc1)c1ccccc1. The molecule has 0 amide bonds. The smallest absolute Gasteiger partial charge is 0.314 e. The largest absolute Gasteiger partial charge is 2.00 e. The van der Waals surface area contributed by atoms with Gasteiger partial charge in [-0.1, -0.05) is 109 Å². The number of anilines is 6. The molecule has 0 spiro atoms. The third kappa shape index (κ3) is 5.62. The fourth-order valence-corrected chi connectivity index (χ4v) is 7.47. The molecule has 0 atom stereocenters. The number of hydrogen-bond donors (Lipinski definition) is 0. The number of para-hydroxylation sites is 2. The molecule has 1 aliphatic carbocycles. The first-order valence-electron chi connectivity index (χ1n) is 17.1. The number of rotatable bonds is 8. The van der Waals surface area contributed by atoms with Gasteiger partial charge in [0.05, 0.1) is 0 Å². The van der Waals surface area contributed by atoms with Gasteiger partial charge in [-0.15, -0.1) is 24.3 Å². The van der Waals surface area contributed by atoms with E-state index in [0.717, 1.165) is 56.6 Å². The maximum atomic E-state index is 4.78. The third-order valence-corrected chi connectivity index (χ3v) is 9.60. The minimum Gasteiger partial charge on any atom is -0.314 e. The van der Waals surface area contributed by atoms with E-state index in [4.69, 9.17) is 9.97 Å². The van der Waals surface area contributed by atoms with E-state index in [-0.39, 0.29) is 21.1 Å². The van der Waals surface area contributed by atoms with Gasteiger partial charge in [-0.3, -0.25) is 0 Å². The Morgan fingerprint density at radius 2 is 0.750 bits per heavy atom. The van der Waals surface area contributed by atoms with Gasteiger partial charge in [0.25, 0.3) is 0 Å². The zero-order valence-electron chi connectivity index (χ0n) is 28.1. The Balaban J connectivity index is 0.00000387. The van der Waals surface area contributed by atoms with Gasteiger partial charge in [-0.05, 0) is 76.4 Å². The second-order valence-electron chi connectivity index (χ2n) is 12.5. The molecule has 0 unspecified atom stereocenters. The van der Waals surface area contributed by atoms with Gasteiger partial charge in [0.15, 0.2) is 0 Å². The van der Waals surface area contributed by atoms with E-state index in [9.17, 15) is 0 Å². The molecule has 1 aliphatic rings. The molecule has 0 saturated carbocycles. The van der Waals surface area contributed by atoms with Crippen LogP contribution in [0.15, 0.2) is 194 Å². The van der Waals surface area contributed by atoms with Gasteiger partial charge in [0.1, 0.15) is 11.6 Å². The molecule has 0 radical (unpaired) electrons. The summed E-state index contributed by atoms with van der Waals surface area (Å²) in [4.78, 5) is 13.9. The number of fused-ring (bicyclic) bond motifs is 3. The zero-order valence-corrected chi connectivity index (χ0v) is 30.4. The van der Waals surface area contributed by atoms with Crippen LogP contribution < -0.4 is 9.80 Å². The molecule has 5 heteroatoms. The van der Waals surface area contributed by atoms with Crippen molar-refractivity contribution in [1.29, 1.82) is 0 Å². The molecule has 52 heavy (non-hydrogen) atoms. The van der Waals surface area contributed by atoms with Crippen molar-refractivity contribution >= 4 is 34.4 Å². The quantitative estimate of drug-likeness (QED) is 0.143. The van der Waals surface area contributed by atoms with Gasteiger partial charge in [0, 0.05) is 23.8 Å². The molecule has 0 aliphatic heterocycles. The van der Waals surface area contributed by atoms with E-state index in [1.165, 1.54) is 11.1 Å². The van der Waals surface area contributed by atoms with Crippen LogP contribution in [0.5, 0.6) is 0 Å². The molecule has 0 bridgehead atoms. The summed E-state index contributed by atoms with van der Waals surface area (Å²) < 4.78 is 0. The Bertz CT molecular complexity index is 2160. The predicted molar refractivity (Wildman–Crippen MR) is 206 cm³/mol. The molecule has 0 N–H and O–H groups in total. The Kier molecular flexibility index (Phi) is 9.07. The van der Waals surface area contributed by atoms with Crippen LogP contribution in [0.1, 0.15) is 22.3 Å². The fraction of sp³-hybridized carbons (Fsp3) is 0.0213. The van der Waals surface area contributed by atoms with E-state index < -0.39 is 5.41 Å². The normalized spacial score (nSPS) is 12.2. The number of aromatic nitrogens is 2. The molecule has 9 rings (SSSR count). The van der Waals surface area contributed by atoms with Crippen molar-refractivity contribution in [2.45, 2.75) is 5.41 Å². The first kappa shape index (κ1) is 33.1. The Morgan fingerprint density at radius 1 is 0.385 bits per heavy atom. The number of pyridine rings is 2. The Labute approximate surface area is 319 Å². The van der Waals surface area contributed by atoms with E-state index in [0.29, 0.717) is 0 Å². The minimum absolute atomic E-state index is 0. The third-order valence-electron chi connectivity index (χ3n) is 9.60. The maximum absolute atomic E-state index is 4.78. The minimum atomic E-state index is -0.595. The molecule has 2 aromatic heterocycles. The van der Waals surface area contributed by atoms with Gasteiger partial charge >= 0.3 is 21.1 Å². The summed E-state index contributed by atoms with van der Waals surface area (Å²) in [7, 11) is 0. The maximum Gasteiger partial charge on any atom is 2.00 e. The average molecular weight is 848 g/mol. The molecular weight excluding hydrogens is 816 g/mol. The molecule has 250 valence electrons. The van der Waals surface area contributed by atoms with Crippen molar-refractivity contribution in [2.24, 2.45) is 0 Å². The van der Waals surface area contributed by atoms with Crippen LogP contribution in [-0.4, -0.2) is 9.97 Å². The first-order valence-corrected chi connectivity index (χ1v) is 17.1. The van der Waals surface area contributed by atoms with Gasteiger partial charge in [0.2, 0.25) is 0 Å². The van der Waals surface area contributed by atoms with Crippen molar-refractivity contribution in [3.63, 3.8) is 0 Å². The van der Waals surface area contributed by atoms with E-state index >= 15 is 0 Å². The van der Waals surface area contributed by atoms with Crippen LogP contribution in [0, 0.1) is 12.1 Å². The number of benzene rings is 6. The van der Waals surface area contributed by atoms with Crippen molar-refractivity contribution in [3.05, 3.63) is 229 Å². The Morgan fingerprint density at radius 3 is 1.12 bits per heavy atom. The van der Waals surface area contributed by atoms with E-state index in [1.807, 2.05) is 60.9 Å². The van der Waals surface area contributed by atoms with Crippen LogP contribution in [0.4, 0.5) is 34.4 Å². The monoisotopic (exact) mass is 847 g/mol. The zero-order chi connectivity index (χ0) is 34.0. The van der Waals surface area contributed by atoms with Crippen LogP contribution in [-0.2, 0) is 26.5 Å². The van der Waals surface area contributed by atoms with Crippen molar-refractivity contribution in [3.8, 4) is 11.1 Å². The predicted octanol–water partition coefficient (Wildman–Crippen LogP) is 11.4. The summed E-state index contributed by atoms with van der Waals surface area (Å²) in [6.07, 6.45) is 3.67. The van der Waals surface area contributed by atoms with E-state index in [1.54, 1.807) is 0 Å². The second kappa shape index (κ2) is 14.3. The first-order chi connectivity index (χ1) is 25.3. The molecular formula is C47H32N4Pt. The molecule has 0 saturated heterocycles. The summed E-state index contributed by atoms with van der Waals surface area (Å²) in [6.45, 7) is 0. The Hall–Kier alpha value is -6.09. The summed E-state index contributed by atoms with van der Waals surface area (Å²) in [6, 6.07) is 71.2. The van der Waals surface area contributed by atoms with Gasteiger partial charge < -0.3 is 9.80 Å². The molecule has 4 nitrogen and oxygen atoms in total. The second-order valence-corrected chi connectivity index (χ2v) is 12.5. The summed E-state index contributed by atoms with van der Waals surface area (Å²) in [5.74, 6) is 1.64. The standard InChI is InChI=1S/C47H32N4.Pt/c1-5-17-35(18-6-1)47(36-19-7-2-8-20-36)43-29-27-39(50(37-21-9-3-10-22-37)45-25-13-15-31-48-45)33-41(43)42-34-40(28-30-44(42)47)51(38-23-11-4-12-24-38)46-26-14-16-32-49-46;/h1-32H;/q-2;+2. The molecule has 6 aromatic carbocycles. The molecule has 0 fully saturated rings. The number of nitrogens with zero attached hydrogens (tertiary/aromatic N) is 4. The molecule has 2 heterocycles. The summed E-state index contributed by atoms with van der Waals surface area (Å²) >= 11 is 0. The van der Waals surface area contributed by atoms with Crippen LogP contribution >= 0.6 is 0 Å². The van der Waals surface area contributed by atoms with Crippen molar-refractivity contribution in [1.82, 2.24) is 9.97 Å². The van der Waals surface area contributed by atoms with Crippen molar-refractivity contribution < 1.29 is 21.1 Å². The average Bonchev–Trinajstić information content (AvgIpc) is 3.50. The van der Waals surface area contributed by atoms with Gasteiger partial charge in [-0.2, -0.15) is 23.3 Å².